The van der Waals surface area contributed by atoms with E-state index in [1.807, 2.05) is 0 Å². The lowest BCUT2D eigenvalue weighted by Gasteiger charge is -2.22. The van der Waals surface area contributed by atoms with E-state index in [1.54, 1.807) is 30.1 Å². The summed E-state index contributed by atoms with van der Waals surface area (Å²) in [5.41, 5.74) is 0.633. The van der Waals surface area contributed by atoms with Crippen LogP contribution in [0, 0.1) is 0 Å². The summed E-state index contributed by atoms with van der Waals surface area (Å²) >= 11 is 0. The highest BCUT2D eigenvalue weighted by atomic mass is 16.6. The minimum atomic E-state index is -0.603. The number of likely N-dealkylation sites (N-methyl/N-ethyl adjacent to an activating group) is 1. The zero-order valence-corrected chi connectivity index (χ0v) is 14.0. The Balaban J connectivity index is 2.27. The van der Waals surface area contributed by atoms with Crippen LogP contribution in [0.1, 0.15) is 19.4 Å². The van der Waals surface area contributed by atoms with Crippen LogP contribution in [0.5, 0.6) is 11.5 Å². The lowest BCUT2D eigenvalue weighted by Crippen LogP contribution is -2.44. The van der Waals surface area contributed by atoms with Gasteiger partial charge >= 0.3 is 5.97 Å². The van der Waals surface area contributed by atoms with Crippen LogP contribution in [0.3, 0.4) is 0 Å². The Bertz CT molecular complexity index is 714. The van der Waals surface area contributed by atoms with E-state index in [-0.39, 0.29) is 29.9 Å². The maximum Gasteiger partial charge on any atom is 0.308 e. The SMILES string of the molecule is COc1cccc(C[C@H]2C(=O)N=C(NC(C)=O)N2C)c1OC(C)=O. The van der Waals surface area contributed by atoms with Gasteiger partial charge in [-0.3, -0.25) is 19.7 Å². The molecule has 0 fully saturated rings. The fraction of sp³-hybridized carbons (Fsp3) is 0.375. The van der Waals surface area contributed by atoms with E-state index in [0.717, 1.165) is 0 Å². The maximum absolute atomic E-state index is 12.1. The van der Waals surface area contributed by atoms with Gasteiger partial charge in [0.05, 0.1) is 7.11 Å². The molecule has 0 spiro atoms. The van der Waals surface area contributed by atoms with Gasteiger partial charge in [-0.15, -0.1) is 0 Å². The fourth-order valence-electron chi connectivity index (χ4n) is 2.42. The number of rotatable bonds is 4. The largest absolute Gasteiger partial charge is 0.493 e. The number of aliphatic imine (C=N–C) groups is 1. The highest BCUT2D eigenvalue weighted by Gasteiger charge is 2.34. The Hall–Kier alpha value is -2.90. The van der Waals surface area contributed by atoms with Crippen LogP contribution in [-0.4, -0.2) is 48.8 Å². The van der Waals surface area contributed by atoms with Crippen molar-refractivity contribution in [2.75, 3.05) is 14.2 Å². The Labute approximate surface area is 139 Å². The quantitative estimate of drug-likeness (QED) is 0.636. The minimum Gasteiger partial charge on any atom is -0.493 e. The second-order valence-electron chi connectivity index (χ2n) is 5.33. The minimum absolute atomic E-state index is 0.203. The van der Waals surface area contributed by atoms with E-state index in [2.05, 4.69) is 10.3 Å². The van der Waals surface area contributed by atoms with Gasteiger partial charge in [-0.2, -0.15) is 4.99 Å². The summed E-state index contributed by atoms with van der Waals surface area (Å²) in [6.07, 6.45) is 0.252. The molecule has 24 heavy (non-hydrogen) atoms. The summed E-state index contributed by atoms with van der Waals surface area (Å²) in [7, 11) is 3.13. The number of ether oxygens (including phenoxy) is 2. The molecule has 1 heterocycles. The van der Waals surface area contributed by atoms with Gasteiger partial charge in [0.15, 0.2) is 11.5 Å². The number of guanidine groups is 1. The van der Waals surface area contributed by atoms with Crippen molar-refractivity contribution < 1.29 is 23.9 Å². The first-order valence-corrected chi connectivity index (χ1v) is 7.30. The van der Waals surface area contributed by atoms with Crippen LogP contribution >= 0.6 is 0 Å². The number of nitrogens with zero attached hydrogens (tertiary/aromatic N) is 2. The number of hydrogen-bond acceptors (Lipinski definition) is 6. The maximum atomic E-state index is 12.1. The highest BCUT2D eigenvalue weighted by molar-refractivity contribution is 6.07. The van der Waals surface area contributed by atoms with Gasteiger partial charge in [0.25, 0.3) is 5.91 Å². The van der Waals surface area contributed by atoms with E-state index in [1.165, 1.54) is 21.0 Å². The van der Waals surface area contributed by atoms with Crippen LogP contribution in [0.15, 0.2) is 23.2 Å². The van der Waals surface area contributed by atoms with Gasteiger partial charge in [-0.1, -0.05) is 12.1 Å². The van der Waals surface area contributed by atoms with E-state index >= 15 is 0 Å². The molecular weight excluding hydrogens is 314 g/mol. The van der Waals surface area contributed by atoms with Crippen molar-refractivity contribution in [3.05, 3.63) is 23.8 Å². The molecule has 0 saturated heterocycles. The van der Waals surface area contributed by atoms with E-state index in [4.69, 9.17) is 9.47 Å². The van der Waals surface area contributed by atoms with Crippen LogP contribution < -0.4 is 14.8 Å². The van der Waals surface area contributed by atoms with Crippen molar-refractivity contribution in [2.45, 2.75) is 26.3 Å². The van der Waals surface area contributed by atoms with Crippen molar-refractivity contribution in [2.24, 2.45) is 4.99 Å². The Morgan fingerprint density at radius 2 is 2.04 bits per heavy atom. The van der Waals surface area contributed by atoms with Crippen molar-refractivity contribution in [3.63, 3.8) is 0 Å². The Kier molecular flexibility index (Phi) is 5.18. The Morgan fingerprint density at radius 3 is 2.62 bits per heavy atom. The molecule has 0 aliphatic carbocycles. The zero-order valence-electron chi connectivity index (χ0n) is 14.0. The summed E-state index contributed by atoms with van der Waals surface area (Å²) in [6.45, 7) is 2.64. The number of carbonyl (C=O) groups is 3. The van der Waals surface area contributed by atoms with Crippen molar-refractivity contribution >= 4 is 23.7 Å². The molecule has 8 heteroatoms. The molecule has 0 bridgehead atoms. The molecule has 8 nitrogen and oxygen atoms in total. The van der Waals surface area contributed by atoms with E-state index in [9.17, 15) is 14.4 Å². The summed E-state index contributed by atoms with van der Waals surface area (Å²) < 4.78 is 10.5. The van der Waals surface area contributed by atoms with Crippen molar-refractivity contribution in [1.29, 1.82) is 0 Å². The third-order valence-corrected chi connectivity index (χ3v) is 3.53. The average molecular weight is 333 g/mol. The number of nitrogens with one attached hydrogen (secondary N) is 1. The molecule has 1 aliphatic rings. The predicted octanol–water partition coefficient (Wildman–Crippen LogP) is 0.496. The van der Waals surface area contributed by atoms with Crippen molar-refractivity contribution in [1.82, 2.24) is 10.2 Å². The molecule has 1 aromatic rings. The van der Waals surface area contributed by atoms with Gasteiger partial charge < -0.3 is 14.4 Å². The third kappa shape index (κ3) is 3.70. The number of esters is 1. The predicted molar refractivity (Wildman–Crippen MR) is 85.8 cm³/mol. The average Bonchev–Trinajstić information content (AvgIpc) is 2.75. The van der Waals surface area contributed by atoms with E-state index in [0.29, 0.717) is 11.3 Å². The van der Waals surface area contributed by atoms with E-state index < -0.39 is 12.0 Å². The molecular formula is C16H19N3O5. The highest BCUT2D eigenvalue weighted by Crippen LogP contribution is 2.33. The van der Waals surface area contributed by atoms with Crippen LogP contribution in [0.2, 0.25) is 0 Å². The molecule has 2 amide bonds. The lowest BCUT2D eigenvalue weighted by atomic mass is 10.0. The monoisotopic (exact) mass is 333 g/mol. The summed E-state index contributed by atoms with van der Waals surface area (Å²) in [6, 6.07) is 4.56. The molecule has 1 aromatic carbocycles. The molecule has 1 atom stereocenters. The van der Waals surface area contributed by atoms with Gasteiger partial charge in [-0.25, -0.2) is 0 Å². The first kappa shape index (κ1) is 17.5. The van der Waals surface area contributed by atoms with Crippen molar-refractivity contribution in [3.8, 4) is 11.5 Å². The number of carbonyl (C=O) groups excluding carboxylic acids is 3. The molecule has 1 aliphatic heterocycles. The molecule has 0 radical (unpaired) electrons. The first-order chi connectivity index (χ1) is 11.3. The lowest BCUT2D eigenvalue weighted by molar-refractivity contribution is -0.132. The topological polar surface area (TPSA) is 97.3 Å². The summed E-state index contributed by atoms with van der Waals surface area (Å²) in [5, 5.41) is 2.51. The molecule has 128 valence electrons. The van der Waals surface area contributed by atoms with Crippen LogP contribution in [0.25, 0.3) is 0 Å². The number of para-hydroxylation sites is 1. The van der Waals surface area contributed by atoms with Crippen LogP contribution in [-0.2, 0) is 20.8 Å². The van der Waals surface area contributed by atoms with Gasteiger partial charge in [0, 0.05) is 32.9 Å². The molecule has 0 unspecified atom stereocenters. The molecule has 0 saturated carbocycles. The molecule has 0 aromatic heterocycles. The summed E-state index contributed by atoms with van der Waals surface area (Å²) in [5.74, 6) is -0.286. The standard InChI is InChI=1S/C16H19N3O5/c1-9(20)17-16-18-15(22)12(19(16)3)8-11-6-5-7-13(23-4)14(11)24-10(2)21/h5-7,12H,8H2,1-4H3,(H,17,18,20,22)/t12-/m0/s1. The number of amides is 2. The second-order valence-corrected chi connectivity index (χ2v) is 5.33. The second kappa shape index (κ2) is 7.12. The van der Waals surface area contributed by atoms with Gasteiger partial charge in [0.2, 0.25) is 11.9 Å². The fourth-order valence-corrected chi connectivity index (χ4v) is 2.42. The normalized spacial score (nSPS) is 16.7. The number of hydrogen-bond donors (Lipinski definition) is 1. The number of benzene rings is 1. The molecule has 1 N–H and O–H groups in total. The first-order valence-electron chi connectivity index (χ1n) is 7.30. The van der Waals surface area contributed by atoms with Gasteiger partial charge in [0.1, 0.15) is 6.04 Å². The zero-order chi connectivity index (χ0) is 17.9. The van der Waals surface area contributed by atoms with Gasteiger partial charge in [-0.05, 0) is 6.07 Å². The Morgan fingerprint density at radius 1 is 1.33 bits per heavy atom. The number of methoxy groups -OCH3 is 1. The van der Waals surface area contributed by atoms with Crippen LogP contribution in [0.4, 0.5) is 0 Å². The summed E-state index contributed by atoms with van der Waals surface area (Å²) in [4.78, 5) is 40.1. The molecule has 2 rings (SSSR count). The smallest absolute Gasteiger partial charge is 0.308 e. The third-order valence-electron chi connectivity index (χ3n) is 3.53.